The maximum atomic E-state index is 12.2. The third kappa shape index (κ3) is 4.51. The molecule has 2 N–H and O–H groups in total. The maximum Gasteiger partial charge on any atom is 0.242 e. The molecule has 0 spiro atoms. The van der Waals surface area contributed by atoms with E-state index in [1.54, 1.807) is 0 Å². The smallest absolute Gasteiger partial charge is 0.242 e. The molecule has 1 aromatic rings. The highest BCUT2D eigenvalue weighted by atomic mass is 32.2. The molecule has 0 bridgehead atoms. The third-order valence-electron chi connectivity index (χ3n) is 3.39. The number of aliphatic hydroxyl groups excluding tert-OH is 1. The minimum Gasteiger partial charge on any atom is -0.384 e. The van der Waals surface area contributed by atoms with Crippen molar-refractivity contribution in [1.82, 2.24) is 14.6 Å². The number of likely N-dealkylation sites (tertiary alicyclic amines) is 1. The number of rotatable bonds is 4. The van der Waals surface area contributed by atoms with Crippen LogP contribution in [0.5, 0.6) is 0 Å². The second-order valence-corrected chi connectivity index (χ2v) is 6.91. The van der Waals surface area contributed by atoms with Gasteiger partial charge in [0.25, 0.3) is 0 Å². The second kappa shape index (κ2) is 7.00. The molecule has 0 saturated carbocycles. The number of hydrogen-bond donors (Lipinski definition) is 2. The molecule has 2 rings (SSSR count). The quantitative estimate of drug-likeness (QED) is 0.743. The SMILES string of the molecule is CN1CCC(CNS(=O)(=O)c2cncc(C#CCO)c2)C1. The Hall–Kier alpha value is -1.46. The predicted octanol–water partition coefficient (Wildman–Crippen LogP) is -0.345. The highest BCUT2D eigenvalue weighted by molar-refractivity contribution is 7.89. The van der Waals surface area contributed by atoms with E-state index in [9.17, 15) is 8.42 Å². The summed E-state index contributed by atoms with van der Waals surface area (Å²) in [4.78, 5) is 6.17. The Morgan fingerprint density at radius 3 is 3.00 bits per heavy atom. The van der Waals surface area contributed by atoms with Crippen LogP contribution in [0.25, 0.3) is 0 Å². The molecule has 1 aromatic heterocycles. The van der Waals surface area contributed by atoms with Crippen molar-refractivity contribution in [1.29, 1.82) is 0 Å². The van der Waals surface area contributed by atoms with E-state index in [0.29, 0.717) is 18.0 Å². The van der Waals surface area contributed by atoms with Crippen LogP contribution < -0.4 is 4.72 Å². The molecule has 7 heteroatoms. The average molecular weight is 309 g/mol. The summed E-state index contributed by atoms with van der Waals surface area (Å²) in [5.74, 6) is 5.46. The molecule has 0 radical (unpaired) electrons. The zero-order valence-electron chi connectivity index (χ0n) is 11.9. The Labute approximate surface area is 125 Å². The summed E-state index contributed by atoms with van der Waals surface area (Å²) >= 11 is 0. The molecular weight excluding hydrogens is 290 g/mol. The molecule has 1 aliphatic heterocycles. The summed E-state index contributed by atoms with van der Waals surface area (Å²) in [7, 11) is -1.54. The molecule has 1 fully saturated rings. The van der Waals surface area contributed by atoms with Gasteiger partial charge in [0.2, 0.25) is 10.0 Å². The largest absolute Gasteiger partial charge is 0.384 e. The van der Waals surface area contributed by atoms with E-state index >= 15 is 0 Å². The van der Waals surface area contributed by atoms with Gasteiger partial charge in [0.15, 0.2) is 0 Å². The number of pyridine rings is 1. The lowest BCUT2D eigenvalue weighted by Gasteiger charge is -2.12. The molecule has 2 heterocycles. The van der Waals surface area contributed by atoms with Crippen LogP contribution >= 0.6 is 0 Å². The number of aliphatic hydroxyl groups is 1. The Bertz CT molecular complexity index is 649. The zero-order valence-corrected chi connectivity index (χ0v) is 12.7. The van der Waals surface area contributed by atoms with Gasteiger partial charge in [-0.25, -0.2) is 13.1 Å². The van der Waals surface area contributed by atoms with E-state index < -0.39 is 10.0 Å². The fraction of sp³-hybridized carbons (Fsp3) is 0.500. The summed E-state index contributed by atoms with van der Waals surface area (Å²) in [6.07, 6.45) is 3.76. The van der Waals surface area contributed by atoms with Crippen LogP contribution in [-0.4, -0.2) is 56.7 Å². The summed E-state index contributed by atoms with van der Waals surface area (Å²) in [6.45, 7) is 2.06. The van der Waals surface area contributed by atoms with E-state index in [1.165, 1.54) is 18.5 Å². The average Bonchev–Trinajstić information content (AvgIpc) is 2.89. The van der Waals surface area contributed by atoms with Gasteiger partial charge in [-0.1, -0.05) is 11.8 Å². The minimum atomic E-state index is -3.57. The van der Waals surface area contributed by atoms with E-state index in [-0.39, 0.29) is 11.5 Å². The number of sulfonamides is 1. The molecule has 1 aliphatic rings. The summed E-state index contributed by atoms with van der Waals surface area (Å²) in [5.41, 5.74) is 0.465. The van der Waals surface area contributed by atoms with Crippen molar-refractivity contribution in [3.05, 3.63) is 24.0 Å². The van der Waals surface area contributed by atoms with Crippen LogP contribution in [0.2, 0.25) is 0 Å². The summed E-state index contributed by atoms with van der Waals surface area (Å²) in [5, 5.41) is 8.66. The maximum absolute atomic E-state index is 12.2. The molecule has 0 aromatic carbocycles. The van der Waals surface area contributed by atoms with Gasteiger partial charge in [-0.2, -0.15) is 0 Å². The Morgan fingerprint density at radius 2 is 2.33 bits per heavy atom. The van der Waals surface area contributed by atoms with Gasteiger partial charge in [-0.05, 0) is 32.0 Å². The molecule has 114 valence electrons. The first-order valence-electron chi connectivity index (χ1n) is 6.74. The van der Waals surface area contributed by atoms with Crippen LogP contribution in [-0.2, 0) is 10.0 Å². The summed E-state index contributed by atoms with van der Waals surface area (Å²) < 4.78 is 27.1. The van der Waals surface area contributed by atoms with Gasteiger partial charge >= 0.3 is 0 Å². The van der Waals surface area contributed by atoms with E-state index in [0.717, 1.165) is 19.5 Å². The van der Waals surface area contributed by atoms with Gasteiger partial charge in [0, 0.05) is 31.0 Å². The molecule has 1 unspecified atom stereocenters. The first-order valence-corrected chi connectivity index (χ1v) is 8.22. The number of nitrogens with one attached hydrogen (secondary N) is 1. The van der Waals surface area contributed by atoms with Gasteiger partial charge in [-0.3, -0.25) is 4.98 Å². The lowest BCUT2D eigenvalue weighted by atomic mass is 10.1. The standard InChI is InChI=1S/C14H19N3O3S/c1-17-5-4-13(11-17)9-16-21(19,20)14-7-12(3-2-6-18)8-15-10-14/h7-8,10,13,16,18H,4-6,9,11H2,1H3. The molecule has 6 nitrogen and oxygen atoms in total. The molecular formula is C14H19N3O3S. The topological polar surface area (TPSA) is 82.5 Å². The van der Waals surface area contributed by atoms with Crippen molar-refractivity contribution in [2.24, 2.45) is 5.92 Å². The predicted molar refractivity (Wildman–Crippen MR) is 79.0 cm³/mol. The first-order chi connectivity index (χ1) is 10.0. The Balaban J connectivity index is 2.05. The number of aromatic nitrogens is 1. The lowest BCUT2D eigenvalue weighted by Crippen LogP contribution is -2.30. The van der Waals surface area contributed by atoms with Gasteiger partial charge in [0.05, 0.1) is 0 Å². The van der Waals surface area contributed by atoms with Gasteiger partial charge in [-0.15, -0.1) is 0 Å². The molecule has 0 aliphatic carbocycles. The Morgan fingerprint density at radius 1 is 1.52 bits per heavy atom. The molecule has 1 atom stereocenters. The zero-order chi connectivity index (χ0) is 15.3. The van der Waals surface area contributed by atoms with Crippen LogP contribution in [0.4, 0.5) is 0 Å². The molecule has 1 saturated heterocycles. The minimum absolute atomic E-state index is 0.0959. The number of nitrogens with zero attached hydrogens (tertiary/aromatic N) is 2. The van der Waals surface area contributed by atoms with Gasteiger partial charge in [0.1, 0.15) is 11.5 Å². The van der Waals surface area contributed by atoms with Crippen molar-refractivity contribution in [3.8, 4) is 11.8 Å². The van der Waals surface area contributed by atoms with Crippen LogP contribution in [0.1, 0.15) is 12.0 Å². The Kier molecular flexibility index (Phi) is 5.31. The second-order valence-electron chi connectivity index (χ2n) is 5.14. The highest BCUT2D eigenvalue weighted by Gasteiger charge is 2.22. The van der Waals surface area contributed by atoms with Crippen molar-refractivity contribution >= 4 is 10.0 Å². The van der Waals surface area contributed by atoms with E-state index in [4.69, 9.17) is 5.11 Å². The van der Waals surface area contributed by atoms with Crippen molar-refractivity contribution in [3.63, 3.8) is 0 Å². The van der Waals surface area contributed by atoms with Crippen LogP contribution in [0.3, 0.4) is 0 Å². The van der Waals surface area contributed by atoms with Crippen LogP contribution in [0.15, 0.2) is 23.4 Å². The van der Waals surface area contributed by atoms with Crippen molar-refractivity contribution in [2.45, 2.75) is 11.3 Å². The fourth-order valence-electron chi connectivity index (χ4n) is 2.28. The normalized spacial score (nSPS) is 19.2. The van der Waals surface area contributed by atoms with Crippen molar-refractivity contribution < 1.29 is 13.5 Å². The third-order valence-corrected chi connectivity index (χ3v) is 4.78. The molecule has 0 amide bonds. The van der Waals surface area contributed by atoms with E-state index in [1.807, 2.05) is 7.05 Å². The van der Waals surface area contributed by atoms with Gasteiger partial charge < -0.3 is 10.0 Å². The lowest BCUT2D eigenvalue weighted by molar-refractivity contribution is 0.350. The monoisotopic (exact) mass is 309 g/mol. The van der Waals surface area contributed by atoms with E-state index in [2.05, 4.69) is 26.4 Å². The van der Waals surface area contributed by atoms with Crippen molar-refractivity contribution in [2.75, 3.05) is 33.3 Å². The first kappa shape index (κ1) is 15.9. The summed E-state index contributed by atoms with van der Waals surface area (Å²) in [6, 6.07) is 1.46. The fourth-order valence-corrected chi connectivity index (χ4v) is 3.38. The van der Waals surface area contributed by atoms with Crippen LogP contribution in [0, 0.1) is 17.8 Å². The molecule has 21 heavy (non-hydrogen) atoms. The number of hydrogen-bond acceptors (Lipinski definition) is 5. The highest BCUT2D eigenvalue weighted by Crippen LogP contribution is 2.15.